The van der Waals surface area contributed by atoms with Gasteiger partial charge in [0.2, 0.25) is 0 Å². The number of Topliss-reactive ketones (excluding diaryl/α,β-unsaturated/α-hetero) is 1. The van der Waals surface area contributed by atoms with Crippen molar-refractivity contribution in [2.45, 2.75) is 38.1 Å². The van der Waals surface area contributed by atoms with Crippen LogP contribution in [0.15, 0.2) is 11.1 Å². The maximum Gasteiger partial charge on any atom is 0.129 e. The summed E-state index contributed by atoms with van der Waals surface area (Å²) in [5, 5.41) is 5.48. The lowest BCUT2D eigenvalue weighted by Gasteiger charge is -2.00. The van der Waals surface area contributed by atoms with Gasteiger partial charge in [-0.05, 0) is 38.5 Å². The molecule has 0 atom stereocenters. The van der Waals surface area contributed by atoms with E-state index in [1.54, 1.807) is 6.92 Å². The van der Waals surface area contributed by atoms with Crippen LogP contribution in [0.1, 0.15) is 31.9 Å². The number of unbranched alkanes of at least 4 members (excludes halogenated alkanes) is 1. The van der Waals surface area contributed by atoms with Crippen molar-refractivity contribution in [2.24, 2.45) is 7.05 Å². The molecule has 0 unspecified atom stereocenters. The van der Waals surface area contributed by atoms with Gasteiger partial charge in [-0.2, -0.15) is 5.10 Å². The highest BCUT2D eigenvalue weighted by molar-refractivity contribution is 7.99. The number of thioether (sulfide) groups is 1. The predicted molar refractivity (Wildman–Crippen MR) is 63.2 cm³/mol. The van der Waals surface area contributed by atoms with Crippen molar-refractivity contribution in [2.75, 3.05) is 5.75 Å². The Morgan fingerprint density at radius 2 is 2.27 bits per heavy atom. The summed E-state index contributed by atoms with van der Waals surface area (Å²) in [5.74, 6) is 1.35. The fourth-order valence-electron chi connectivity index (χ4n) is 1.37. The fourth-order valence-corrected chi connectivity index (χ4v) is 2.41. The Morgan fingerprint density at radius 3 is 2.80 bits per heavy atom. The van der Waals surface area contributed by atoms with Crippen LogP contribution >= 0.6 is 11.8 Å². The van der Waals surface area contributed by atoms with E-state index in [2.05, 4.69) is 11.2 Å². The Balaban J connectivity index is 2.20. The molecule has 0 aromatic carbocycles. The van der Waals surface area contributed by atoms with Gasteiger partial charge in [-0.25, -0.2) is 0 Å². The van der Waals surface area contributed by atoms with Crippen LogP contribution in [0.2, 0.25) is 0 Å². The minimum absolute atomic E-state index is 0.288. The van der Waals surface area contributed by atoms with Crippen molar-refractivity contribution in [1.82, 2.24) is 9.78 Å². The summed E-state index contributed by atoms with van der Waals surface area (Å²) in [5.41, 5.74) is 1.06. The van der Waals surface area contributed by atoms with E-state index in [9.17, 15) is 4.79 Å². The first kappa shape index (κ1) is 12.3. The molecule has 0 spiro atoms. The summed E-state index contributed by atoms with van der Waals surface area (Å²) in [7, 11) is 1.96. The molecule has 1 heterocycles. The molecule has 1 aromatic heterocycles. The number of aromatic nitrogens is 2. The summed E-state index contributed by atoms with van der Waals surface area (Å²) in [6.45, 7) is 3.65. The lowest BCUT2D eigenvalue weighted by molar-refractivity contribution is -0.117. The smallest absolute Gasteiger partial charge is 0.129 e. The number of hydrogen-bond donors (Lipinski definition) is 0. The van der Waals surface area contributed by atoms with Gasteiger partial charge < -0.3 is 4.79 Å². The molecule has 0 bridgehead atoms. The lowest BCUT2D eigenvalue weighted by atomic mass is 10.2. The number of hydrogen-bond acceptors (Lipinski definition) is 3. The molecule has 0 radical (unpaired) electrons. The monoisotopic (exact) mass is 226 g/mol. The molecule has 1 aromatic rings. The first-order valence-corrected chi connectivity index (χ1v) is 6.21. The Hall–Kier alpha value is -0.770. The van der Waals surface area contributed by atoms with Gasteiger partial charge in [-0.15, -0.1) is 11.8 Å². The summed E-state index contributed by atoms with van der Waals surface area (Å²) in [6.07, 6.45) is 2.80. The topological polar surface area (TPSA) is 34.9 Å². The highest BCUT2D eigenvalue weighted by Crippen LogP contribution is 2.19. The zero-order valence-corrected chi connectivity index (χ0v) is 10.4. The number of ketones is 1. The molecular formula is C11H18N2OS. The number of nitrogens with zero attached hydrogens (tertiary/aromatic N) is 2. The van der Waals surface area contributed by atoms with E-state index >= 15 is 0 Å². The zero-order chi connectivity index (χ0) is 11.3. The summed E-state index contributed by atoms with van der Waals surface area (Å²) in [4.78, 5) is 10.7. The van der Waals surface area contributed by atoms with Gasteiger partial charge in [0, 0.05) is 13.5 Å². The normalized spacial score (nSPS) is 10.6. The van der Waals surface area contributed by atoms with Gasteiger partial charge in [0.25, 0.3) is 0 Å². The van der Waals surface area contributed by atoms with E-state index in [0.29, 0.717) is 6.42 Å². The Kier molecular flexibility index (Phi) is 4.88. The molecular weight excluding hydrogens is 208 g/mol. The number of carbonyl (C=O) groups excluding carboxylic acids is 1. The van der Waals surface area contributed by atoms with Gasteiger partial charge in [0.1, 0.15) is 5.78 Å². The molecule has 0 N–H and O–H groups in total. The fraction of sp³-hybridized carbons (Fsp3) is 0.636. The third-order valence-corrected chi connectivity index (χ3v) is 3.30. The largest absolute Gasteiger partial charge is 0.300 e. The van der Waals surface area contributed by atoms with Crippen LogP contribution in [0.4, 0.5) is 0 Å². The molecule has 0 amide bonds. The highest BCUT2D eigenvalue weighted by Gasteiger charge is 2.02. The Labute approximate surface area is 95.2 Å². The average molecular weight is 226 g/mol. The maximum atomic E-state index is 10.7. The van der Waals surface area contributed by atoms with Gasteiger partial charge in [0.05, 0.1) is 10.7 Å². The van der Waals surface area contributed by atoms with Gasteiger partial charge >= 0.3 is 0 Å². The van der Waals surface area contributed by atoms with Gasteiger partial charge in [-0.3, -0.25) is 4.68 Å². The summed E-state index contributed by atoms with van der Waals surface area (Å²) >= 11 is 1.81. The van der Waals surface area contributed by atoms with E-state index in [-0.39, 0.29) is 5.78 Å². The van der Waals surface area contributed by atoms with Crippen LogP contribution in [0, 0.1) is 6.92 Å². The molecule has 0 saturated heterocycles. The van der Waals surface area contributed by atoms with Crippen molar-refractivity contribution in [3.8, 4) is 0 Å². The molecule has 15 heavy (non-hydrogen) atoms. The summed E-state index contributed by atoms with van der Waals surface area (Å²) < 4.78 is 1.91. The van der Waals surface area contributed by atoms with Crippen LogP contribution in [0.5, 0.6) is 0 Å². The summed E-state index contributed by atoms with van der Waals surface area (Å²) in [6, 6.07) is 2.09. The van der Waals surface area contributed by atoms with Gasteiger partial charge in [0.15, 0.2) is 0 Å². The number of carbonyl (C=O) groups is 1. The highest BCUT2D eigenvalue weighted by atomic mass is 32.2. The molecule has 3 nitrogen and oxygen atoms in total. The van der Waals surface area contributed by atoms with Crippen molar-refractivity contribution in [1.29, 1.82) is 0 Å². The van der Waals surface area contributed by atoms with Crippen molar-refractivity contribution >= 4 is 17.5 Å². The third kappa shape index (κ3) is 4.51. The molecule has 0 saturated carbocycles. The molecule has 1 rings (SSSR count). The lowest BCUT2D eigenvalue weighted by Crippen LogP contribution is -1.94. The Bertz CT molecular complexity index is 333. The van der Waals surface area contributed by atoms with E-state index in [1.807, 2.05) is 30.4 Å². The van der Waals surface area contributed by atoms with E-state index < -0.39 is 0 Å². The van der Waals surface area contributed by atoms with Crippen molar-refractivity contribution in [3.05, 3.63) is 11.8 Å². The second-order valence-electron chi connectivity index (χ2n) is 3.76. The van der Waals surface area contributed by atoms with Gasteiger partial charge in [-0.1, -0.05) is 0 Å². The van der Waals surface area contributed by atoms with Crippen molar-refractivity contribution < 1.29 is 4.79 Å². The average Bonchev–Trinajstić information content (AvgIpc) is 2.44. The Morgan fingerprint density at radius 1 is 1.53 bits per heavy atom. The van der Waals surface area contributed by atoms with Crippen LogP contribution in [0.25, 0.3) is 0 Å². The van der Waals surface area contributed by atoms with Crippen LogP contribution in [-0.4, -0.2) is 21.3 Å². The minimum Gasteiger partial charge on any atom is -0.300 e. The second-order valence-corrected chi connectivity index (χ2v) is 4.87. The van der Waals surface area contributed by atoms with E-state index in [4.69, 9.17) is 0 Å². The molecule has 4 heteroatoms. The number of aryl methyl sites for hydroxylation is 2. The molecule has 0 fully saturated rings. The first-order valence-electron chi connectivity index (χ1n) is 5.22. The molecule has 0 aliphatic carbocycles. The minimum atomic E-state index is 0.288. The number of rotatable bonds is 6. The predicted octanol–water partition coefficient (Wildman–Crippen LogP) is 2.58. The van der Waals surface area contributed by atoms with E-state index in [1.165, 1.54) is 5.03 Å². The third-order valence-electron chi connectivity index (χ3n) is 2.13. The van der Waals surface area contributed by atoms with E-state index in [0.717, 1.165) is 24.3 Å². The standard InChI is InChI=1S/C11H18N2OS/c1-9-8-11(13(3)12-9)15-7-5-4-6-10(2)14/h8H,4-7H2,1-3H3. The van der Waals surface area contributed by atoms with Crippen LogP contribution in [0.3, 0.4) is 0 Å². The quantitative estimate of drug-likeness (QED) is 0.552. The SMILES string of the molecule is CC(=O)CCCCSc1cc(C)nn1C. The van der Waals surface area contributed by atoms with Crippen LogP contribution < -0.4 is 0 Å². The molecule has 0 aliphatic heterocycles. The molecule has 0 aliphatic rings. The molecule has 84 valence electrons. The second kappa shape index (κ2) is 5.95. The maximum absolute atomic E-state index is 10.7. The van der Waals surface area contributed by atoms with Crippen LogP contribution in [-0.2, 0) is 11.8 Å². The zero-order valence-electron chi connectivity index (χ0n) is 9.62. The first-order chi connectivity index (χ1) is 7.09. The van der Waals surface area contributed by atoms with Crippen molar-refractivity contribution in [3.63, 3.8) is 0 Å².